The van der Waals surface area contributed by atoms with Gasteiger partial charge in [-0.25, -0.2) is 0 Å². The standard InChI is InChI=1S/C13H22BrN3/c1-4-7-15-10-5-6-13(2,8-10)12-11(14)9-16-17(12)3/h9-10,15H,4-8H2,1-3H3. The third kappa shape index (κ3) is 2.58. The van der Waals surface area contributed by atoms with Gasteiger partial charge in [0.25, 0.3) is 0 Å². The Morgan fingerprint density at radius 2 is 2.41 bits per heavy atom. The van der Waals surface area contributed by atoms with Crippen molar-refractivity contribution in [1.82, 2.24) is 15.1 Å². The summed E-state index contributed by atoms with van der Waals surface area (Å²) in [5, 5.41) is 7.98. The number of nitrogens with zero attached hydrogens (tertiary/aromatic N) is 2. The van der Waals surface area contributed by atoms with Gasteiger partial charge in [-0.2, -0.15) is 5.10 Å². The van der Waals surface area contributed by atoms with Gasteiger partial charge in [0.2, 0.25) is 0 Å². The highest BCUT2D eigenvalue weighted by Gasteiger charge is 2.39. The molecule has 1 fully saturated rings. The Hall–Kier alpha value is -0.350. The third-order valence-corrected chi connectivity index (χ3v) is 4.47. The number of hydrogen-bond donors (Lipinski definition) is 1. The summed E-state index contributed by atoms with van der Waals surface area (Å²) in [6, 6.07) is 0.668. The molecule has 96 valence electrons. The Morgan fingerprint density at radius 3 is 3.00 bits per heavy atom. The van der Waals surface area contributed by atoms with E-state index >= 15 is 0 Å². The molecule has 1 aliphatic rings. The lowest BCUT2D eigenvalue weighted by atomic mass is 9.84. The van der Waals surface area contributed by atoms with Crippen LogP contribution in [0.15, 0.2) is 10.7 Å². The highest BCUT2D eigenvalue weighted by Crippen LogP contribution is 2.43. The number of nitrogens with one attached hydrogen (secondary N) is 1. The lowest BCUT2D eigenvalue weighted by Gasteiger charge is -2.25. The predicted molar refractivity (Wildman–Crippen MR) is 74.2 cm³/mol. The van der Waals surface area contributed by atoms with E-state index in [2.05, 4.69) is 40.2 Å². The maximum atomic E-state index is 4.34. The summed E-state index contributed by atoms with van der Waals surface area (Å²) >= 11 is 3.63. The molecule has 0 spiro atoms. The second-order valence-electron chi connectivity index (χ2n) is 5.42. The molecule has 0 aromatic carbocycles. The summed E-state index contributed by atoms with van der Waals surface area (Å²) < 4.78 is 3.17. The van der Waals surface area contributed by atoms with Crippen molar-refractivity contribution in [3.8, 4) is 0 Å². The number of rotatable bonds is 4. The van der Waals surface area contributed by atoms with E-state index in [4.69, 9.17) is 0 Å². The second kappa shape index (κ2) is 5.11. The molecule has 0 aliphatic heterocycles. The average molecular weight is 300 g/mol. The summed E-state index contributed by atoms with van der Waals surface area (Å²) in [5.41, 5.74) is 1.61. The normalized spacial score (nSPS) is 28.8. The lowest BCUT2D eigenvalue weighted by molar-refractivity contribution is 0.422. The van der Waals surface area contributed by atoms with Gasteiger partial charge in [0.1, 0.15) is 0 Å². The van der Waals surface area contributed by atoms with Gasteiger partial charge in [-0.15, -0.1) is 0 Å². The minimum Gasteiger partial charge on any atom is -0.314 e. The van der Waals surface area contributed by atoms with Crippen LogP contribution >= 0.6 is 15.9 Å². The van der Waals surface area contributed by atoms with Crippen LogP contribution in [0.2, 0.25) is 0 Å². The van der Waals surface area contributed by atoms with Gasteiger partial charge in [-0.05, 0) is 48.2 Å². The molecule has 0 amide bonds. The second-order valence-corrected chi connectivity index (χ2v) is 6.27. The van der Waals surface area contributed by atoms with Gasteiger partial charge < -0.3 is 5.32 Å². The van der Waals surface area contributed by atoms with Gasteiger partial charge in [-0.3, -0.25) is 4.68 Å². The van der Waals surface area contributed by atoms with Crippen LogP contribution in [0.25, 0.3) is 0 Å². The Kier molecular flexibility index (Phi) is 3.93. The van der Waals surface area contributed by atoms with Crippen LogP contribution < -0.4 is 5.32 Å². The van der Waals surface area contributed by atoms with E-state index in [0.717, 1.165) is 11.0 Å². The maximum Gasteiger partial charge on any atom is 0.0635 e. The first-order valence-corrected chi connectivity index (χ1v) is 7.27. The summed E-state index contributed by atoms with van der Waals surface area (Å²) in [4.78, 5) is 0. The fourth-order valence-electron chi connectivity index (χ4n) is 3.07. The van der Waals surface area contributed by atoms with Crippen molar-refractivity contribution >= 4 is 15.9 Å². The molecule has 0 bridgehead atoms. The number of aryl methyl sites for hydroxylation is 1. The minimum atomic E-state index is 0.259. The van der Waals surface area contributed by atoms with E-state index in [0.29, 0.717) is 6.04 Å². The third-order valence-electron chi connectivity index (χ3n) is 3.89. The first-order valence-electron chi connectivity index (χ1n) is 6.48. The fourth-order valence-corrected chi connectivity index (χ4v) is 3.89. The maximum absolute atomic E-state index is 4.34. The van der Waals surface area contributed by atoms with Crippen LogP contribution in [0.1, 0.15) is 45.2 Å². The molecule has 1 aromatic heterocycles. The van der Waals surface area contributed by atoms with E-state index in [1.165, 1.54) is 31.4 Å². The monoisotopic (exact) mass is 299 g/mol. The van der Waals surface area contributed by atoms with Crippen molar-refractivity contribution in [3.63, 3.8) is 0 Å². The lowest BCUT2D eigenvalue weighted by Crippen LogP contribution is -2.30. The van der Waals surface area contributed by atoms with Crippen molar-refractivity contribution in [2.45, 2.75) is 51.0 Å². The number of halogens is 1. The molecule has 1 N–H and O–H groups in total. The van der Waals surface area contributed by atoms with Crippen LogP contribution in [-0.4, -0.2) is 22.4 Å². The molecule has 4 heteroatoms. The van der Waals surface area contributed by atoms with E-state index in [1.54, 1.807) is 0 Å². The molecule has 0 radical (unpaired) electrons. The van der Waals surface area contributed by atoms with Crippen molar-refractivity contribution in [2.24, 2.45) is 7.05 Å². The summed E-state index contributed by atoms with van der Waals surface area (Å²) in [7, 11) is 2.04. The molecule has 1 heterocycles. The zero-order valence-corrected chi connectivity index (χ0v) is 12.5. The van der Waals surface area contributed by atoms with Gasteiger partial charge in [-0.1, -0.05) is 13.8 Å². The van der Waals surface area contributed by atoms with E-state index in [9.17, 15) is 0 Å². The average Bonchev–Trinajstić information content (AvgIpc) is 2.81. The van der Waals surface area contributed by atoms with E-state index in [1.807, 2.05) is 17.9 Å². The Bertz CT molecular complexity index is 369. The van der Waals surface area contributed by atoms with Crippen LogP contribution in [0.3, 0.4) is 0 Å². The zero-order chi connectivity index (χ0) is 12.5. The minimum absolute atomic E-state index is 0.259. The Balaban J connectivity index is 2.11. The van der Waals surface area contributed by atoms with Gasteiger partial charge >= 0.3 is 0 Å². The van der Waals surface area contributed by atoms with Gasteiger partial charge in [0, 0.05) is 18.5 Å². The first kappa shape index (κ1) is 13.1. The fraction of sp³-hybridized carbons (Fsp3) is 0.769. The molecule has 1 aromatic rings. The Morgan fingerprint density at radius 1 is 1.65 bits per heavy atom. The SMILES string of the molecule is CCCNC1CCC(C)(c2c(Br)cnn2C)C1. The largest absolute Gasteiger partial charge is 0.314 e. The first-order chi connectivity index (χ1) is 8.07. The number of aromatic nitrogens is 2. The van der Waals surface area contributed by atoms with Crippen LogP contribution in [-0.2, 0) is 12.5 Å². The molecule has 1 aliphatic carbocycles. The van der Waals surface area contributed by atoms with Crippen molar-refractivity contribution < 1.29 is 0 Å². The van der Waals surface area contributed by atoms with E-state index in [-0.39, 0.29) is 5.41 Å². The van der Waals surface area contributed by atoms with Crippen LogP contribution in [0.4, 0.5) is 0 Å². The molecule has 2 unspecified atom stereocenters. The Labute approximate surface area is 112 Å². The quantitative estimate of drug-likeness (QED) is 0.926. The highest BCUT2D eigenvalue weighted by molar-refractivity contribution is 9.10. The molecule has 1 saturated carbocycles. The van der Waals surface area contributed by atoms with Gasteiger partial charge in [0.15, 0.2) is 0 Å². The summed E-state index contributed by atoms with van der Waals surface area (Å²) in [5.74, 6) is 0. The molecule has 17 heavy (non-hydrogen) atoms. The topological polar surface area (TPSA) is 29.9 Å². The molecule has 2 rings (SSSR count). The molecule has 0 saturated heterocycles. The number of hydrogen-bond acceptors (Lipinski definition) is 2. The summed E-state index contributed by atoms with van der Waals surface area (Å²) in [6.45, 7) is 5.72. The highest BCUT2D eigenvalue weighted by atomic mass is 79.9. The van der Waals surface area contributed by atoms with Crippen LogP contribution in [0, 0.1) is 0 Å². The zero-order valence-electron chi connectivity index (χ0n) is 11.0. The van der Waals surface area contributed by atoms with Crippen molar-refractivity contribution in [1.29, 1.82) is 0 Å². The van der Waals surface area contributed by atoms with Gasteiger partial charge in [0.05, 0.1) is 16.4 Å². The van der Waals surface area contributed by atoms with Crippen molar-refractivity contribution in [3.05, 3.63) is 16.4 Å². The molecule has 2 atom stereocenters. The summed E-state index contributed by atoms with van der Waals surface area (Å²) in [6.07, 6.45) is 6.85. The molecular formula is C13H22BrN3. The smallest absolute Gasteiger partial charge is 0.0635 e. The van der Waals surface area contributed by atoms with Crippen LogP contribution in [0.5, 0.6) is 0 Å². The van der Waals surface area contributed by atoms with Crippen molar-refractivity contribution in [2.75, 3.05) is 6.54 Å². The molecular weight excluding hydrogens is 278 g/mol. The predicted octanol–water partition coefficient (Wildman–Crippen LogP) is 2.99. The molecule has 3 nitrogen and oxygen atoms in total. The van der Waals surface area contributed by atoms with E-state index < -0.39 is 0 Å².